The third-order valence-electron chi connectivity index (χ3n) is 3.62. The Hall–Kier alpha value is -2.90. The van der Waals surface area contributed by atoms with Crippen LogP contribution in [-0.2, 0) is 4.79 Å². The van der Waals surface area contributed by atoms with Gasteiger partial charge in [-0.1, -0.05) is 18.2 Å². The Bertz CT molecular complexity index is 720. The van der Waals surface area contributed by atoms with Crippen molar-refractivity contribution in [3.8, 4) is 5.75 Å². The molecule has 2 aromatic carbocycles. The third-order valence-corrected chi connectivity index (χ3v) is 3.62. The highest BCUT2D eigenvalue weighted by atomic mass is 16.5. The highest BCUT2D eigenvalue weighted by Crippen LogP contribution is 2.09. The standard InChI is InChI=1S/C20H25N3O4/c1-15(24)23-17-9-7-16(8-10-17)20(26)22-12-11-21-13-18(25)14-27-19-5-3-2-4-6-19/h2-10,18,21,25H,11-14H2,1H3,(H,22,26)(H,23,24)/t18-/m1/s1. The Morgan fingerprint density at radius 2 is 1.74 bits per heavy atom. The summed E-state index contributed by atoms with van der Waals surface area (Å²) in [5.41, 5.74) is 1.16. The van der Waals surface area contributed by atoms with E-state index in [0.29, 0.717) is 36.6 Å². The van der Waals surface area contributed by atoms with Crippen LogP contribution < -0.4 is 20.7 Å². The number of rotatable bonds is 10. The minimum absolute atomic E-state index is 0.158. The SMILES string of the molecule is CC(=O)Nc1ccc(C(=O)NCCNC[C@@H](O)COc2ccccc2)cc1. The topological polar surface area (TPSA) is 99.7 Å². The fourth-order valence-corrected chi connectivity index (χ4v) is 2.31. The first kappa shape index (κ1) is 20.4. The van der Waals surface area contributed by atoms with Gasteiger partial charge in [0.15, 0.2) is 0 Å². The Balaban J connectivity index is 1.59. The molecule has 144 valence electrons. The highest BCUT2D eigenvalue weighted by Gasteiger charge is 2.07. The molecule has 0 unspecified atom stereocenters. The van der Waals surface area contributed by atoms with Crippen molar-refractivity contribution in [3.05, 3.63) is 60.2 Å². The van der Waals surface area contributed by atoms with Crippen molar-refractivity contribution in [1.29, 1.82) is 0 Å². The van der Waals surface area contributed by atoms with Crippen molar-refractivity contribution in [3.63, 3.8) is 0 Å². The summed E-state index contributed by atoms with van der Waals surface area (Å²) in [4.78, 5) is 23.0. The molecule has 0 saturated heterocycles. The van der Waals surface area contributed by atoms with E-state index in [-0.39, 0.29) is 18.4 Å². The van der Waals surface area contributed by atoms with Gasteiger partial charge in [-0.2, -0.15) is 0 Å². The van der Waals surface area contributed by atoms with Gasteiger partial charge in [-0.05, 0) is 36.4 Å². The monoisotopic (exact) mass is 371 g/mol. The van der Waals surface area contributed by atoms with E-state index in [0.717, 1.165) is 0 Å². The van der Waals surface area contributed by atoms with Crippen LogP contribution in [0.3, 0.4) is 0 Å². The summed E-state index contributed by atoms with van der Waals surface area (Å²) >= 11 is 0. The van der Waals surface area contributed by atoms with Gasteiger partial charge in [0.25, 0.3) is 5.91 Å². The fraction of sp³-hybridized carbons (Fsp3) is 0.300. The zero-order valence-corrected chi connectivity index (χ0v) is 15.3. The second-order valence-electron chi connectivity index (χ2n) is 6.00. The van der Waals surface area contributed by atoms with Crippen LogP contribution in [0.4, 0.5) is 5.69 Å². The van der Waals surface area contributed by atoms with E-state index >= 15 is 0 Å². The summed E-state index contributed by atoms with van der Waals surface area (Å²) in [5, 5.41) is 18.4. The van der Waals surface area contributed by atoms with Crippen LogP contribution in [0, 0.1) is 0 Å². The van der Waals surface area contributed by atoms with Crippen LogP contribution in [0.15, 0.2) is 54.6 Å². The number of anilines is 1. The molecule has 0 radical (unpaired) electrons. The number of carbonyl (C=O) groups excluding carboxylic acids is 2. The van der Waals surface area contributed by atoms with Gasteiger partial charge in [-0.3, -0.25) is 9.59 Å². The van der Waals surface area contributed by atoms with Crippen molar-refractivity contribution in [2.45, 2.75) is 13.0 Å². The second kappa shape index (κ2) is 10.9. The molecule has 0 spiro atoms. The second-order valence-corrected chi connectivity index (χ2v) is 6.00. The number of amides is 2. The summed E-state index contributed by atoms with van der Waals surface area (Å²) in [7, 11) is 0. The molecule has 0 aliphatic carbocycles. The molecule has 2 aromatic rings. The molecule has 7 heteroatoms. The maximum Gasteiger partial charge on any atom is 0.251 e. The number of hydrogen-bond donors (Lipinski definition) is 4. The first-order chi connectivity index (χ1) is 13.0. The van der Waals surface area contributed by atoms with E-state index in [1.165, 1.54) is 6.92 Å². The number of benzene rings is 2. The van der Waals surface area contributed by atoms with Gasteiger partial charge in [0.1, 0.15) is 18.5 Å². The van der Waals surface area contributed by atoms with E-state index < -0.39 is 6.10 Å². The number of ether oxygens (including phenoxy) is 1. The van der Waals surface area contributed by atoms with Crippen molar-refractivity contribution >= 4 is 17.5 Å². The average molecular weight is 371 g/mol. The van der Waals surface area contributed by atoms with Crippen LogP contribution in [0.5, 0.6) is 5.75 Å². The smallest absolute Gasteiger partial charge is 0.251 e. The van der Waals surface area contributed by atoms with Gasteiger partial charge in [-0.25, -0.2) is 0 Å². The van der Waals surface area contributed by atoms with Crippen LogP contribution in [0.1, 0.15) is 17.3 Å². The number of nitrogens with one attached hydrogen (secondary N) is 3. The number of aliphatic hydroxyl groups excluding tert-OH is 1. The zero-order valence-electron chi connectivity index (χ0n) is 15.3. The molecule has 0 aliphatic heterocycles. The lowest BCUT2D eigenvalue weighted by Crippen LogP contribution is -2.37. The number of para-hydroxylation sites is 1. The van der Waals surface area contributed by atoms with Crippen molar-refractivity contribution in [2.24, 2.45) is 0 Å². The van der Waals surface area contributed by atoms with E-state index in [1.54, 1.807) is 24.3 Å². The Kier molecular flexibility index (Phi) is 8.28. The molecular weight excluding hydrogens is 346 g/mol. The average Bonchev–Trinajstić information content (AvgIpc) is 2.67. The van der Waals surface area contributed by atoms with Gasteiger partial charge in [0.05, 0.1) is 0 Å². The maximum atomic E-state index is 12.0. The third kappa shape index (κ3) is 7.89. The molecule has 0 bridgehead atoms. The predicted molar refractivity (Wildman–Crippen MR) is 104 cm³/mol. The molecule has 0 heterocycles. The molecular formula is C20H25N3O4. The fourth-order valence-electron chi connectivity index (χ4n) is 2.31. The van der Waals surface area contributed by atoms with E-state index in [4.69, 9.17) is 4.74 Å². The summed E-state index contributed by atoms with van der Waals surface area (Å²) < 4.78 is 5.47. The van der Waals surface area contributed by atoms with Gasteiger partial charge in [0.2, 0.25) is 5.91 Å². The first-order valence-corrected chi connectivity index (χ1v) is 8.77. The van der Waals surface area contributed by atoms with E-state index in [9.17, 15) is 14.7 Å². The molecule has 4 N–H and O–H groups in total. The summed E-state index contributed by atoms with van der Waals surface area (Å²) in [5.74, 6) is 0.363. The number of aliphatic hydroxyl groups is 1. The van der Waals surface area contributed by atoms with Crippen LogP contribution in [0.2, 0.25) is 0 Å². The van der Waals surface area contributed by atoms with Gasteiger partial charge >= 0.3 is 0 Å². The minimum atomic E-state index is -0.637. The zero-order chi connectivity index (χ0) is 19.5. The van der Waals surface area contributed by atoms with Crippen LogP contribution in [-0.4, -0.2) is 49.3 Å². The van der Waals surface area contributed by atoms with Crippen molar-refractivity contribution in [1.82, 2.24) is 10.6 Å². The Labute approximate surface area is 158 Å². The summed E-state index contributed by atoms with van der Waals surface area (Å²) in [6.45, 7) is 2.95. The van der Waals surface area contributed by atoms with Gasteiger partial charge < -0.3 is 25.8 Å². The lowest BCUT2D eigenvalue weighted by atomic mass is 10.2. The maximum absolute atomic E-state index is 12.0. The Morgan fingerprint density at radius 3 is 2.41 bits per heavy atom. The van der Waals surface area contributed by atoms with Crippen LogP contribution >= 0.6 is 0 Å². The number of hydrogen-bond acceptors (Lipinski definition) is 5. The van der Waals surface area contributed by atoms with Gasteiger partial charge in [0, 0.05) is 37.8 Å². The highest BCUT2D eigenvalue weighted by molar-refractivity contribution is 5.95. The van der Waals surface area contributed by atoms with Crippen LogP contribution in [0.25, 0.3) is 0 Å². The normalized spacial score (nSPS) is 11.5. The molecule has 0 aromatic heterocycles. The quantitative estimate of drug-likeness (QED) is 0.473. The predicted octanol–water partition coefficient (Wildman–Crippen LogP) is 1.40. The lowest BCUT2D eigenvalue weighted by molar-refractivity contribution is -0.114. The molecule has 0 saturated carbocycles. The molecule has 0 fully saturated rings. The van der Waals surface area contributed by atoms with Crippen molar-refractivity contribution in [2.75, 3.05) is 31.6 Å². The van der Waals surface area contributed by atoms with Crippen molar-refractivity contribution < 1.29 is 19.4 Å². The van der Waals surface area contributed by atoms with Gasteiger partial charge in [-0.15, -0.1) is 0 Å². The number of carbonyl (C=O) groups is 2. The Morgan fingerprint density at radius 1 is 1.04 bits per heavy atom. The summed E-state index contributed by atoms with van der Waals surface area (Å²) in [6.07, 6.45) is -0.637. The molecule has 2 amide bonds. The molecule has 1 atom stereocenters. The minimum Gasteiger partial charge on any atom is -0.491 e. The summed E-state index contributed by atoms with van der Waals surface area (Å²) in [6, 6.07) is 16.0. The lowest BCUT2D eigenvalue weighted by Gasteiger charge is -2.13. The molecule has 7 nitrogen and oxygen atoms in total. The van der Waals surface area contributed by atoms with E-state index in [1.807, 2.05) is 30.3 Å². The largest absolute Gasteiger partial charge is 0.491 e. The molecule has 0 aliphatic rings. The van der Waals surface area contributed by atoms with E-state index in [2.05, 4.69) is 16.0 Å². The first-order valence-electron chi connectivity index (χ1n) is 8.77. The molecule has 2 rings (SSSR count). The molecule has 27 heavy (non-hydrogen) atoms.